The van der Waals surface area contributed by atoms with E-state index in [-0.39, 0.29) is 36.6 Å². The van der Waals surface area contributed by atoms with Crippen LogP contribution in [0.1, 0.15) is 23.7 Å². The van der Waals surface area contributed by atoms with E-state index in [1.165, 1.54) is 18.2 Å². The van der Waals surface area contributed by atoms with Crippen molar-refractivity contribution in [2.75, 3.05) is 13.2 Å². The summed E-state index contributed by atoms with van der Waals surface area (Å²) in [6, 6.07) is 4.05. The highest BCUT2D eigenvalue weighted by Crippen LogP contribution is 2.28. The van der Waals surface area contributed by atoms with E-state index >= 15 is 0 Å². The number of rotatable bonds is 7. The smallest absolute Gasteiger partial charge is 0.305 e. The second-order valence-corrected chi connectivity index (χ2v) is 3.74. The second-order valence-electron chi connectivity index (χ2n) is 3.74. The zero-order chi connectivity index (χ0) is 15.1. The topological polar surface area (TPSA) is 119 Å². The Morgan fingerprint density at radius 3 is 2.70 bits per heavy atom. The number of nitrogens with one attached hydrogen (secondary N) is 1. The molecule has 0 aliphatic heterocycles. The maximum Gasteiger partial charge on any atom is 0.305 e. The molecule has 1 amide bonds. The predicted molar refractivity (Wildman–Crippen MR) is 68.9 cm³/mol. The molecular formula is C12H14N2O6. The summed E-state index contributed by atoms with van der Waals surface area (Å²) in [6.07, 6.45) is -0.268. The number of ether oxygens (including phenoxy) is 1. The van der Waals surface area contributed by atoms with Crippen molar-refractivity contribution in [1.29, 1.82) is 0 Å². The number of carboxylic acid groups (broad SMARTS) is 1. The first kappa shape index (κ1) is 15.4. The van der Waals surface area contributed by atoms with Gasteiger partial charge >= 0.3 is 5.97 Å². The third-order valence-electron chi connectivity index (χ3n) is 2.35. The quantitative estimate of drug-likeness (QED) is 0.573. The Labute approximate surface area is 114 Å². The maximum absolute atomic E-state index is 12.0. The summed E-state index contributed by atoms with van der Waals surface area (Å²) in [7, 11) is 0. The lowest BCUT2D eigenvalue weighted by Gasteiger charge is -2.10. The van der Waals surface area contributed by atoms with Gasteiger partial charge in [0.1, 0.15) is 5.75 Å². The molecule has 0 saturated heterocycles. The number of amides is 1. The first-order chi connectivity index (χ1) is 9.47. The number of nitrogens with zero attached hydrogens (tertiary/aromatic N) is 1. The fourth-order valence-corrected chi connectivity index (χ4v) is 1.55. The zero-order valence-corrected chi connectivity index (χ0v) is 10.8. The molecule has 0 saturated carbocycles. The molecule has 0 aliphatic carbocycles. The van der Waals surface area contributed by atoms with Gasteiger partial charge < -0.3 is 15.2 Å². The number of carbonyl (C=O) groups is 2. The van der Waals surface area contributed by atoms with E-state index in [0.29, 0.717) is 0 Å². The summed E-state index contributed by atoms with van der Waals surface area (Å²) in [5.74, 6) is -1.71. The van der Waals surface area contributed by atoms with E-state index in [0.717, 1.165) is 0 Å². The highest BCUT2D eigenvalue weighted by molar-refractivity contribution is 6.01. The SMILES string of the molecule is CCOc1cccc([N+](=O)[O-])c1C(=O)NCCC(=O)O. The van der Waals surface area contributed by atoms with Crippen LogP contribution in [0.2, 0.25) is 0 Å². The summed E-state index contributed by atoms with van der Waals surface area (Å²) >= 11 is 0. The van der Waals surface area contributed by atoms with Crippen LogP contribution in [0.25, 0.3) is 0 Å². The van der Waals surface area contributed by atoms with Crippen LogP contribution in [0.15, 0.2) is 18.2 Å². The molecule has 0 fully saturated rings. The molecule has 1 aromatic carbocycles. The largest absolute Gasteiger partial charge is 0.493 e. The number of aliphatic carboxylic acids is 1. The highest BCUT2D eigenvalue weighted by Gasteiger charge is 2.24. The van der Waals surface area contributed by atoms with Crippen LogP contribution >= 0.6 is 0 Å². The summed E-state index contributed by atoms with van der Waals surface area (Å²) in [5, 5.41) is 21.8. The van der Waals surface area contributed by atoms with Crippen LogP contribution < -0.4 is 10.1 Å². The van der Waals surface area contributed by atoms with Crippen molar-refractivity contribution < 1.29 is 24.4 Å². The van der Waals surface area contributed by atoms with Crippen molar-refractivity contribution in [3.8, 4) is 5.75 Å². The number of carboxylic acids is 1. The van der Waals surface area contributed by atoms with Crippen molar-refractivity contribution in [1.82, 2.24) is 5.32 Å². The number of hydrogen-bond acceptors (Lipinski definition) is 5. The molecule has 0 bridgehead atoms. The standard InChI is InChI=1S/C12H14N2O6/c1-2-20-9-5-3-4-8(14(18)19)11(9)12(17)13-7-6-10(15)16/h3-5H,2,6-7H2,1H3,(H,13,17)(H,15,16). The van der Waals surface area contributed by atoms with E-state index in [1.807, 2.05) is 0 Å². The van der Waals surface area contributed by atoms with Gasteiger partial charge in [-0.2, -0.15) is 0 Å². The van der Waals surface area contributed by atoms with Crippen molar-refractivity contribution in [3.05, 3.63) is 33.9 Å². The van der Waals surface area contributed by atoms with E-state index in [2.05, 4.69) is 5.32 Å². The lowest BCUT2D eigenvalue weighted by atomic mass is 10.1. The monoisotopic (exact) mass is 282 g/mol. The molecule has 2 N–H and O–H groups in total. The molecule has 0 heterocycles. The number of nitro groups is 1. The molecule has 1 rings (SSSR count). The van der Waals surface area contributed by atoms with Crippen LogP contribution in [0, 0.1) is 10.1 Å². The Morgan fingerprint density at radius 2 is 2.15 bits per heavy atom. The Kier molecular flexibility index (Phi) is 5.45. The van der Waals surface area contributed by atoms with Gasteiger partial charge in [0.2, 0.25) is 0 Å². The van der Waals surface area contributed by atoms with Gasteiger partial charge in [0.15, 0.2) is 5.56 Å². The molecule has 108 valence electrons. The molecular weight excluding hydrogens is 268 g/mol. The molecule has 0 spiro atoms. The van der Waals surface area contributed by atoms with Gasteiger partial charge in [0.25, 0.3) is 11.6 Å². The number of carbonyl (C=O) groups excluding carboxylic acids is 1. The molecule has 8 heteroatoms. The van der Waals surface area contributed by atoms with Crippen LogP contribution in [0.5, 0.6) is 5.75 Å². The van der Waals surface area contributed by atoms with Gasteiger partial charge in [0, 0.05) is 12.6 Å². The summed E-state index contributed by atoms with van der Waals surface area (Å²) in [5.41, 5.74) is -0.589. The molecule has 0 aromatic heterocycles. The lowest BCUT2D eigenvalue weighted by molar-refractivity contribution is -0.385. The molecule has 20 heavy (non-hydrogen) atoms. The molecule has 1 aromatic rings. The van der Waals surface area contributed by atoms with Gasteiger partial charge in [-0.05, 0) is 13.0 Å². The highest BCUT2D eigenvalue weighted by atomic mass is 16.6. The van der Waals surface area contributed by atoms with Gasteiger partial charge in [-0.3, -0.25) is 19.7 Å². The third-order valence-corrected chi connectivity index (χ3v) is 2.35. The van der Waals surface area contributed by atoms with Crippen LogP contribution in [-0.2, 0) is 4.79 Å². The van der Waals surface area contributed by atoms with Gasteiger partial charge in [0.05, 0.1) is 18.0 Å². The maximum atomic E-state index is 12.0. The normalized spacial score (nSPS) is 9.85. The Bertz CT molecular complexity index is 529. The first-order valence-electron chi connectivity index (χ1n) is 5.87. The fourth-order valence-electron chi connectivity index (χ4n) is 1.55. The predicted octanol–water partition coefficient (Wildman–Crippen LogP) is 1.20. The molecule has 0 aliphatic rings. The molecule has 8 nitrogen and oxygen atoms in total. The van der Waals surface area contributed by atoms with E-state index < -0.39 is 16.8 Å². The molecule has 0 unspecified atom stereocenters. The lowest BCUT2D eigenvalue weighted by Crippen LogP contribution is -2.27. The number of hydrogen-bond donors (Lipinski definition) is 2. The minimum atomic E-state index is -1.07. The fraction of sp³-hybridized carbons (Fsp3) is 0.333. The zero-order valence-electron chi connectivity index (χ0n) is 10.8. The summed E-state index contributed by atoms with van der Waals surface area (Å²) in [4.78, 5) is 32.6. The van der Waals surface area contributed by atoms with Crippen molar-refractivity contribution in [3.63, 3.8) is 0 Å². The van der Waals surface area contributed by atoms with Crippen LogP contribution in [0.4, 0.5) is 5.69 Å². The summed E-state index contributed by atoms with van der Waals surface area (Å²) in [6.45, 7) is 1.81. The van der Waals surface area contributed by atoms with Gasteiger partial charge in [-0.1, -0.05) is 6.07 Å². The third kappa shape index (κ3) is 3.94. The van der Waals surface area contributed by atoms with E-state index in [4.69, 9.17) is 9.84 Å². The molecule has 0 atom stereocenters. The minimum absolute atomic E-state index is 0.0922. The molecule has 0 radical (unpaired) electrons. The Hall–Kier alpha value is -2.64. The van der Waals surface area contributed by atoms with Gasteiger partial charge in [-0.15, -0.1) is 0 Å². The minimum Gasteiger partial charge on any atom is -0.493 e. The van der Waals surface area contributed by atoms with Gasteiger partial charge in [-0.25, -0.2) is 0 Å². The Morgan fingerprint density at radius 1 is 1.45 bits per heavy atom. The summed E-state index contributed by atoms with van der Waals surface area (Å²) < 4.78 is 5.19. The second kappa shape index (κ2) is 7.07. The van der Waals surface area contributed by atoms with E-state index in [1.54, 1.807) is 6.92 Å². The Balaban J connectivity index is 3.02. The van der Waals surface area contributed by atoms with E-state index in [9.17, 15) is 19.7 Å². The first-order valence-corrected chi connectivity index (χ1v) is 5.87. The van der Waals surface area contributed by atoms with Crippen molar-refractivity contribution >= 4 is 17.6 Å². The van der Waals surface area contributed by atoms with Crippen molar-refractivity contribution in [2.45, 2.75) is 13.3 Å². The van der Waals surface area contributed by atoms with Crippen LogP contribution in [-0.4, -0.2) is 35.1 Å². The van der Waals surface area contributed by atoms with Crippen LogP contribution in [0.3, 0.4) is 0 Å². The number of nitro benzene ring substituents is 1. The average molecular weight is 282 g/mol. The number of benzene rings is 1. The van der Waals surface area contributed by atoms with Crippen molar-refractivity contribution in [2.24, 2.45) is 0 Å². The average Bonchev–Trinajstić information content (AvgIpc) is 2.38.